The van der Waals surface area contributed by atoms with Crippen LogP contribution in [0.25, 0.3) is 0 Å². The van der Waals surface area contributed by atoms with Gasteiger partial charge >= 0.3 is 0 Å². The molecule has 0 atom stereocenters. The van der Waals surface area contributed by atoms with E-state index in [1.807, 2.05) is 0 Å². The van der Waals surface area contributed by atoms with Crippen LogP contribution in [0.2, 0.25) is 0 Å². The van der Waals surface area contributed by atoms with Crippen molar-refractivity contribution in [3.63, 3.8) is 0 Å². The van der Waals surface area contributed by atoms with Crippen molar-refractivity contribution in [1.82, 2.24) is 10.2 Å². The topological polar surface area (TPSA) is 32.3 Å². The number of rotatable bonds is 0. The Labute approximate surface area is 42.3 Å². The van der Waals surface area contributed by atoms with E-state index < -0.39 is 0 Å². The van der Waals surface area contributed by atoms with E-state index in [1.54, 1.807) is 11.9 Å². The van der Waals surface area contributed by atoms with Gasteiger partial charge in [-0.2, -0.15) is 0 Å². The molecule has 0 aromatic carbocycles. The summed E-state index contributed by atoms with van der Waals surface area (Å²) in [5.41, 5.74) is 0. The second kappa shape index (κ2) is 1.50. The summed E-state index contributed by atoms with van der Waals surface area (Å²) in [4.78, 5) is 12.1. The Kier molecular flexibility index (Phi) is 0.982. The van der Waals surface area contributed by atoms with Crippen molar-refractivity contribution in [2.45, 2.75) is 0 Å². The maximum atomic E-state index is 10.4. The van der Waals surface area contributed by atoms with Crippen LogP contribution in [0.4, 0.5) is 0 Å². The van der Waals surface area contributed by atoms with Gasteiger partial charge in [0.1, 0.15) is 0 Å². The van der Waals surface area contributed by atoms with Crippen LogP contribution in [0.1, 0.15) is 0 Å². The Balaban J connectivity index is 2.48. The minimum atomic E-state index is 0.181. The number of carbonyl (C=O) groups excluding carboxylic acids is 1. The monoisotopic (exact) mass is 100 g/mol. The summed E-state index contributed by atoms with van der Waals surface area (Å²) in [6, 6.07) is 0. The van der Waals surface area contributed by atoms with Gasteiger partial charge < -0.3 is 4.90 Å². The molecule has 0 aliphatic carbocycles. The molecule has 0 bridgehead atoms. The lowest BCUT2D eigenvalue weighted by molar-refractivity contribution is -0.125. The standard InChI is InChI=1S/C4H8N2O/c1-6-3-5-2-4(6)7/h5H,2-3H2,1H3. The van der Waals surface area contributed by atoms with E-state index in [2.05, 4.69) is 5.32 Å². The van der Waals surface area contributed by atoms with Crippen LogP contribution in [-0.4, -0.2) is 31.1 Å². The lowest BCUT2D eigenvalue weighted by Crippen LogP contribution is -2.20. The molecule has 1 fully saturated rings. The van der Waals surface area contributed by atoms with Crippen LogP contribution in [0.3, 0.4) is 0 Å². The molecular formula is C4H8N2O. The van der Waals surface area contributed by atoms with E-state index >= 15 is 0 Å². The van der Waals surface area contributed by atoms with Gasteiger partial charge in [0.15, 0.2) is 0 Å². The van der Waals surface area contributed by atoms with E-state index in [4.69, 9.17) is 0 Å². The predicted molar refractivity (Wildman–Crippen MR) is 25.6 cm³/mol. The zero-order valence-electron chi connectivity index (χ0n) is 4.27. The Morgan fingerprint density at radius 1 is 1.86 bits per heavy atom. The van der Waals surface area contributed by atoms with Crippen LogP contribution < -0.4 is 5.32 Å². The van der Waals surface area contributed by atoms with Gasteiger partial charge in [0.25, 0.3) is 0 Å². The molecule has 1 amide bonds. The number of nitrogens with zero attached hydrogens (tertiary/aromatic N) is 1. The quantitative estimate of drug-likeness (QED) is 0.423. The summed E-state index contributed by atoms with van der Waals surface area (Å²) >= 11 is 0. The maximum absolute atomic E-state index is 10.4. The molecule has 0 saturated carbocycles. The Morgan fingerprint density at radius 2 is 2.57 bits per heavy atom. The van der Waals surface area contributed by atoms with Crippen molar-refractivity contribution in [3.05, 3.63) is 0 Å². The van der Waals surface area contributed by atoms with Gasteiger partial charge in [-0.3, -0.25) is 10.1 Å². The second-order valence-corrected chi connectivity index (χ2v) is 1.68. The summed E-state index contributed by atoms with van der Waals surface area (Å²) in [5.74, 6) is 0.181. The normalized spacial score (nSPS) is 21.3. The molecule has 0 radical (unpaired) electrons. The van der Waals surface area contributed by atoms with Crippen molar-refractivity contribution in [2.75, 3.05) is 20.3 Å². The van der Waals surface area contributed by atoms with E-state index in [1.165, 1.54) is 0 Å². The summed E-state index contributed by atoms with van der Waals surface area (Å²) in [6.45, 7) is 1.22. The largest absolute Gasteiger partial charge is 0.332 e. The van der Waals surface area contributed by atoms with Crippen molar-refractivity contribution in [2.24, 2.45) is 0 Å². The fourth-order valence-corrected chi connectivity index (χ4v) is 0.554. The van der Waals surface area contributed by atoms with Gasteiger partial charge in [-0.25, -0.2) is 0 Å². The van der Waals surface area contributed by atoms with Crippen LogP contribution >= 0.6 is 0 Å². The van der Waals surface area contributed by atoms with Gasteiger partial charge in [-0.15, -0.1) is 0 Å². The highest BCUT2D eigenvalue weighted by Crippen LogP contribution is 1.86. The molecule has 0 unspecified atom stereocenters. The minimum Gasteiger partial charge on any atom is -0.332 e. The van der Waals surface area contributed by atoms with Gasteiger partial charge in [0.05, 0.1) is 13.2 Å². The molecular weight excluding hydrogens is 92.1 g/mol. The minimum absolute atomic E-state index is 0.181. The highest BCUT2D eigenvalue weighted by Gasteiger charge is 2.13. The van der Waals surface area contributed by atoms with E-state index in [0.717, 1.165) is 0 Å². The molecule has 1 saturated heterocycles. The van der Waals surface area contributed by atoms with E-state index in [-0.39, 0.29) is 5.91 Å². The molecule has 0 aromatic heterocycles. The number of nitrogens with one attached hydrogen (secondary N) is 1. The molecule has 1 rings (SSSR count). The smallest absolute Gasteiger partial charge is 0.237 e. The maximum Gasteiger partial charge on any atom is 0.237 e. The molecule has 1 N–H and O–H groups in total. The highest BCUT2D eigenvalue weighted by atomic mass is 16.2. The number of hydrogen-bond acceptors (Lipinski definition) is 2. The number of hydrogen-bond donors (Lipinski definition) is 1. The van der Waals surface area contributed by atoms with Crippen molar-refractivity contribution < 1.29 is 4.79 Å². The average Bonchev–Trinajstić information content (AvgIpc) is 1.91. The summed E-state index contributed by atoms with van der Waals surface area (Å²) < 4.78 is 0. The molecule has 1 heterocycles. The molecule has 3 nitrogen and oxygen atoms in total. The van der Waals surface area contributed by atoms with E-state index in [9.17, 15) is 4.79 Å². The van der Waals surface area contributed by atoms with Gasteiger partial charge in [0.2, 0.25) is 5.91 Å². The third-order valence-electron chi connectivity index (χ3n) is 1.05. The average molecular weight is 100 g/mol. The first-order chi connectivity index (χ1) is 3.30. The first kappa shape index (κ1) is 4.59. The zero-order valence-corrected chi connectivity index (χ0v) is 4.27. The first-order valence-corrected chi connectivity index (χ1v) is 2.25. The van der Waals surface area contributed by atoms with Crippen molar-refractivity contribution >= 4 is 5.91 Å². The Bertz CT molecular complexity index is 91.7. The molecule has 7 heavy (non-hydrogen) atoms. The fraction of sp³-hybridized carbons (Fsp3) is 0.750. The number of likely N-dealkylation sites (N-methyl/N-ethyl adjacent to an activating group) is 1. The van der Waals surface area contributed by atoms with Crippen LogP contribution in [0.15, 0.2) is 0 Å². The van der Waals surface area contributed by atoms with Crippen LogP contribution in [0, 0.1) is 0 Å². The highest BCUT2D eigenvalue weighted by molar-refractivity contribution is 5.79. The van der Waals surface area contributed by atoms with Crippen molar-refractivity contribution in [1.29, 1.82) is 0 Å². The number of amides is 1. The van der Waals surface area contributed by atoms with Gasteiger partial charge in [-0.05, 0) is 0 Å². The number of carbonyl (C=O) groups is 1. The molecule has 1 aliphatic rings. The first-order valence-electron chi connectivity index (χ1n) is 2.25. The summed E-state index contributed by atoms with van der Waals surface area (Å²) in [7, 11) is 1.78. The lowest BCUT2D eigenvalue weighted by atomic mass is 10.6. The molecule has 0 aromatic rings. The zero-order chi connectivity index (χ0) is 5.28. The van der Waals surface area contributed by atoms with E-state index in [0.29, 0.717) is 13.2 Å². The third-order valence-corrected chi connectivity index (χ3v) is 1.05. The second-order valence-electron chi connectivity index (χ2n) is 1.68. The molecule has 0 spiro atoms. The predicted octanol–water partition coefficient (Wildman–Crippen LogP) is -0.995. The van der Waals surface area contributed by atoms with Crippen LogP contribution in [-0.2, 0) is 4.79 Å². The fourth-order valence-electron chi connectivity index (χ4n) is 0.554. The Hall–Kier alpha value is -0.570. The van der Waals surface area contributed by atoms with Crippen LogP contribution in [0.5, 0.6) is 0 Å². The molecule has 3 heteroatoms. The van der Waals surface area contributed by atoms with Crippen molar-refractivity contribution in [3.8, 4) is 0 Å². The van der Waals surface area contributed by atoms with Gasteiger partial charge in [0, 0.05) is 7.05 Å². The van der Waals surface area contributed by atoms with Gasteiger partial charge in [-0.1, -0.05) is 0 Å². The molecule has 40 valence electrons. The third kappa shape index (κ3) is 0.718. The lowest BCUT2D eigenvalue weighted by Gasteiger charge is -2.02. The Morgan fingerprint density at radius 3 is 2.71 bits per heavy atom. The molecule has 1 aliphatic heterocycles. The SMILES string of the molecule is CN1CNCC1=O. The summed E-state index contributed by atoms with van der Waals surface area (Å²) in [6.07, 6.45) is 0. The summed E-state index contributed by atoms with van der Waals surface area (Å²) in [5, 5.41) is 2.90.